The van der Waals surface area contributed by atoms with E-state index in [1.165, 1.54) is 49.7 Å². The predicted octanol–water partition coefficient (Wildman–Crippen LogP) is 6.32. The standard InChI is InChI=1S/C24H26/c1-2-4-18(5-3-1)6-7-19-8-10-23(11-9-19)24-15-20-12-21(16-24)14-22(13-20)17-24/h1-11,20-22H,12-17H2/b7-6+. The molecule has 0 aromatic heterocycles. The molecule has 6 rings (SSSR count). The van der Waals surface area contributed by atoms with E-state index >= 15 is 0 Å². The van der Waals surface area contributed by atoms with E-state index in [-0.39, 0.29) is 0 Å². The van der Waals surface area contributed by atoms with Crippen LogP contribution in [0.2, 0.25) is 0 Å². The van der Waals surface area contributed by atoms with Crippen LogP contribution in [0.25, 0.3) is 12.2 Å². The van der Waals surface area contributed by atoms with E-state index in [0.717, 1.165) is 17.8 Å². The Labute approximate surface area is 145 Å². The summed E-state index contributed by atoms with van der Waals surface area (Å²) in [4.78, 5) is 0. The maximum atomic E-state index is 2.43. The minimum Gasteiger partial charge on any atom is -0.0622 e. The van der Waals surface area contributed by atoms with Crippen LogP contribution in [0.1, 0.15) is 55.2 Å². The third-order valence-corrected chi connectivity index (χ3v) is 6.83. The fourth-order valence-corrected chi connectivity index (χ4v) is 6.17. The molecule has 0 nitrogen and oxygen atoms in total. The van der Waals surface area contributed by atoms with Gasteiger partial charge in [0.05, 0.1) is 0 Å². The molecule has 0 heterocycles. The molecule has 4 aliphatic rings. The highest BCUT2D eigenvalue weighted by molar-refractivity contribution is 5.69. The van der Waals surface area contributed by atoms with Gasteiger partial charge in [-0.05, 0) is 78.4 Å². The second kappa shape index (κ2) is 5.62. The van der Waals surface area contributed by atoms with Crippen LogP contribution in [0.5, 0.6) is 0 Å². The lowest BCUT2D eigenvalue weighted by Crippen LogP contribution is -2.48. The molecule has 4 bridgehead atoms. The highest BCUT2D eigenvalue weighted by atomic mass is 14.6. The molecule has 0 aliphatic heterocycles. The van der Waals surface area contributed by atoms with Crippen molar-refractivity contribution < 1.29 is 0 Å². The van der Waals surface area contributed by atoms with Gasteiger partial charge in [0.1, 0.15) is 0 Å². The van der Waals surface area contributed by atoms with Crippen LogP contribution in [-0.2, 0) is 5.41 Å². The zero-order valence-electron chi connectivity index (χ0n) is 14.3. The Hall–Kier alpha value is -1.82. The first kappa shape index (κ1) is 14.5. The fourth-order valence-electron chi connectivity index (χ4n) is 6.17. The molecule has 0 heteroatoms. The molecule has 2 aromatic rings. The SMILES string of the molecule is C(=C\c1ccc(C23CC4CC(CC(C4)C2)C3)cc1)/c1ccccc1. The van der Waals surface area contributed by atoms with Gasteiger partial charge in [-0.1, -0.05) is 66.7 Å². The average Bonchev–Trinajstić information content (AvgIpc) is 2.60. The third-order valence-electron chi connectivity index (χ3n) is 6.83. The Balaban J connectivity index is 1.38. The van der Waals surface area contributed by atoms with E-state index in [2.05, 4.69) is 66.7 Å². The number of benzene rings is 2. The Morgan fingerprint density at radius 1 is 0.625 bits per heavy atom. The molecule has 0 N–H and O–H groups in total. The van der Waals surface area contributed by atoms with Crippen LogP contribution < -0.4 is 0 Å². The lowest BCUT2D eigenvalue weighted by Gasteiger charge is -2.57. The van der Waals surface area contributed by atoms with E-state index in [0.29, 0.717) is 5.41 Å². The Morgan fingerprint density at radius 3 is 1.67 bits per heavy atom. The molecular weight excluding hydrogens is 288 g/mol. The van der Waals surface area contributed by atoms with Crippen LogP contribution in [0.3, 0.4) is 0 Å². The monoisotopic (exact) mass is 314 g/mol. The summed E-state index contributed by atoms with van der Waals surface area (Å²) in [5.74, 6) is 3.07. The smallest absolute Gasteiger partial charge is 0.00391 e. The lowest BCUT2D eigenvalue weighted by atomic mass is 9.48. The molecule has 122 valence electrons. The Morgan fingerprint density at radius 2 is 1.12 bits per heavy atom. The lowest BCUT2D eigenvalue weighted by molar-refractivity contribution is -0.00518. The van der Waals surface area contributed by atoms with Crippen molar-refractivity contribution >= 4 is 12.2 Å². The number of hydrogen-bond acceptors (Lipinski definition) is 0. The fraction of sp³-hybridized carbons (Fsp3) is 0.417. The molecule has 0 spiro atoms. The van der Waals surface area contributed by atoms with Crippen LogP contribution in [0.15, 0.2) is 54.6 Å². The van der Waals surface area contributed by atoms with Gasteiger partial charge in [0.15, 0.2) is 0 Å². The highest BCUT2D eigenvalue weighted by Gasteiger charge is 2.51. The van der Waals surface area contributed by atoms with E-state index < -0.39 is 0 Å². The molecule has 4 fully saturated rings. The van der Waals surface area contributed by atoms with E-state index in [1.54, 1.807) is 5.56 Å². The minimum absolute atomic E-state index is 0.524. The second-order valence-corrected chi connectivity index (χ2v) is 8.56. The number of rotatable bonds is 3. The van der Waals surface area contributed by atoms with Gasteiger partial charge in [-0.3, -0.25) is 0 Å². The zero-order valence-corrected chi connectivity index (χ0v) is 14.3. The van der Waals surface area contributed by atoms with Crippen molar-refractivity contribution in [3.05, 3.63) is 71.3 Å². The van der Waals surface area contributed by atoms with E-state index in [1.807, 2.05) is 0 Å². The maximum Gasteiger partial charge on any atom is -0.00391 e. The third kappa shape index (κ3) is 2.53. The minimum atomic E-state index is 0.524. The highest BCUT2D eigenvalue weighted by Crippen LogP contribution is 2.60. The molecular formula is C24H26. The summed E-state index contributed by atoms with van der Waals surface area (Å²) in [7, 11) is 0. The first-order valence-corrected chi connectivity index (χ1v) is 9.63. The predicted molar refractivity (Wildman–Crippen MR) is 102 cm³/mol. The summed E-state index contributed by atoms with van der Waals surface area (Å²) in [5.41, 5.74) is 4.73. The largest absolute Gasteiger partial charge is 0.0622 e. The summed E-state index contributed by atoms with van der Waals surface area (Å²) in [6.45, 7) is 0. The van der Waals surface area contributed by atoms with Crippen LogP contribution in [0.4, 0.5) is 0 Å². The van der Waals surface area contributed by atoms with Gasteiger partial charge >= 0.3 is 0 Å². The summed E-state index contributed by atoms with van der Waals surface area (Å²) in [5, 5.41) is 0. The van der Waals surface area contributed by atoms with Gasteiger partial charge in [0.25, 0.3) is 0 Å². The first-order valence-electron chi connectivity index (χ1n) is 9.63. The van der Waals surface area contributed by atoms with Crippen molar-refractivity contribution in [2.45, 2.75) is 43.9 Å². The van der Waals surface area contributed by atoms with Gasteiger partial charge in [-0.2, -0.15) is 0 Å². The van der Waals surface area contributed by atoms with Crippen molar-refractivity contribution in [3.8, 4) is 0 Å². The summed E-state index contributed by atoms with van der Waals surface area (Å²) in [6.07, 6.45) is 13.4. The van der Waals surface area contributed by atoms with E-state index in [4.69, 9.17) is 0 Å². The van der Waals surface area contributed by atoms with Crippen molar-refractivity contribution in [2.75, 3.05) is 0 Å². The van der Waals surface area contributed by atoms with Gasteiger partial charge in [-0.25, -0.2) is 0 Å². The molecule has 0 amide bonds. The van der Waals surface area contributed by atoms with Gasteiger partial charge in [0, 0.05) is 0 Å². The molecule has 2 aromatic carbocycles. The van der Waals surface area contributed by atoms with Crippen LogP contribution in [-0.4, -0.2) is 0 Å². The Bertz CT molecular complexity index is 700. The summed E-state index contributed by atoms with van der Waals surface area (Å²) < 4.78 is 0. The molecule has 0 atom stereocenters. The second-order valence-electron chi connectivity index (χ2n) is 8.56. The summed E-state index contributed by atoms with van der Waals surface area (Å²) in [6, 6.07) is 20.1. The normalized spacial score (nSPS) is 34.1. The number of hydrogen-bond donors (Lipinski definition) is 0. The van der Waals surface area contributed by atoms with Crippen molar-refractivity contribution in [1.82, 2.24) is 0 Å². The molecule has 24 heavy (non-hydrogen) atoms. The molecule has 4 saturated carbocycles. The van der Waals surface area contributed by atoms with Crippen molar-refractivity contribution in [1.29, 1.82) is 0 Å². The maximum absolute atomic E-state index is 2.43. The quantitative estimate of drug-likeness (QED) is 0.581. The Kier molecular flexibility index (Phi) is 3.40. The average molecular weight is 314 g/mol. The van der Waals surface area contributed by atoms with E-state index in [9.17, 15) is 0 Å². The molecule has 0 radical (unpaired) electrons. The molecule has 0 unspecified atom stereocenters. The molecule has 0 saturated heterocycles. The summed E-state index contributed by atoms with van der Waals surface area (Å²) >= 11 is 0. The van der Waals surface area contributed by atoms with Crippen molar-refractivity contribution in [2.24, 2.45) is 17.8 Å². The zero-order chi connectivity index (χ0) is 16.0. The van der Waals surface area contributed by atoms with Gasteiger partial charge < -0.3 is 0 Å². The van der Waals surface area contributed by atoms with Gasteiger partial charge in [0.2, 0.25) is 0 Å². The van der Waals surface area contributed by atoms with Crippen LogP contribution in [0, 0.1) is 17.8 Å². The molecule has 4 aliphatic carbocycles. The van der Waals surface area contributed by atoms with Gasteiger partial charge in [-0.15, -0.1) is 0 Å². The van der Waals surface area contributed by atoms with Crippen molar-refractivity contribution in [3.63, 3.8) is 0 Å². The topological polar surface area (TPSA) is 0 Å². The van der Waals surface area contributed by atoms with Crippen LogP contribution >= 0.6 is 0 Å². The first-order chi connectivity index (χ1) is 11.8.